The maximum atomic E-state index is 12.8. The lowest BCUT2D eigenvalue weighted by Gasteiger charge is -2.27. The van der Waals surface area contributed by atoms with E-state index in [1.54, 1.807) is 17.3 Å². The van der Waals surface area contributed by atoms with E-state index in [0.717, 1.165) is 12.1 Å². The molecular formula is C15H22N3O2PS. The van der Waals surface area contributed by atoms with Crippen LogP contribution in [0.15, 0.2) is 35.3 Å². The molecule has 2 unspecified atom stereocenters. The molecule has 0 saturated heterocycles. The van der Waals surface area contributed by atoms with Gasteiger partial charge in [0.1, 0.15) is 0 Å². The van der Waals surface area contributed by atoms with Crippen LogP contribution in [0.25, 0.3) is 0 Å². The van der Waals surface area contributed by atoms with E-state index in [2.05, 4.69) is 11.1 Å². The van der Waals surface area contributed by atoms with Gasteiger partial charge < -0.3 is 4.52 Å². The van der Waals surface area contributed by atoms with Crippen molar-refractivity contribution in [2.75, 3.05) is 19.9 Å². The number of nitriles is 1. The standard InChI is InChI=1S/C15H22N3O2PS/c1-4-14(12-16)10-11-18(21(19,20-2)22-3)13-17-15-8-6-5-7-9-15/h5-9,13-14H,4,10-11H2,1-3H3. The molecule has 1 aromatic rings. The third kappa shape index (κ3) is 5.49. The van der Waals surface area contributed by atoms with Crippen LogP contribution in [-0.4, -0.2) is 30.9 Å². The minimum Gasteiger partial charge on any atom is -0.309 e. The maximum Gasteiger partial charge on any atom is 0.353 e. The molecular weight excluding hydrogens is 317 g/mol. The number of para-hydroxylation sites is 1. The second-order valence-electron chi connectivity index (χ2n) is 4.60. The van der Waals surface area contributed by atoms with Crippen molar-refractivity contribution in [1.82, 2.24) is 4.67 Å². The molecule has 0 heterocycles. The van der Waals surface area contributed by atoms with Crippen molar-refractivity contribution < 1.29 is 9.09 Å². The van der Waals surface area contributed by atoms with Gasteiger partial charge in [0, 0.05) is 19.6 Å². The summed E-state index contributed by atoms with van der Waals surface area (Å²) >= 11 is 1.17. The molecule has 0 aromatic heterocycles. The van der Waals surface area contributed by atoms with Crippen molar-refractivity contribution in [3.63, 3.8) is 0 Å². The van der Waals surface area contributed by atoms with E-state index >= 15 is 0 Å². The first-order chi connectivity index (χ1) is 10.6. The molecule has 0 aliphatic heterocycles. The first-order valence-corrected chi connectivity index (χ1v) is 10.5. The summed E-state index contributed by atoms with van der Waals surface area (Å²) in [7, 11) is 1.43. The highest BCUT2D eigenvalue weighted by Gasteiger charge is 2.28. The quantitative estimate of drug-likeness (QED) is 0.370. The number of nitrogens with zero attached hydrogens (tertiary/aromatic N) is 3. The largest absolute Gasteiger partial charge is 0.353 e. The Hall–Kier alpha value is -1.28. The topological polar surface area (TPSA) is 65.7 Å². The van der Waals surface area contributed by atoms with E-state index < -0.39 is 6.72 Å². The lowest BCUT2D eigenvalue weighted by atomic mass is 10.1. The molecule has 0 spiro atoms. The molecule has 0 aliphatic carbocycles. The summed E-state index contributed by atoms with van der Waals surface area (Å²) in [6, 6.07) is 11.7. The summed E-state index contributed by atoms with van der Waals surface area (Å²) in [5.74, 6) is -0.0558. The van der Waals surface area contributed by atoms with Crippen LogP contribution in [0, 0.1) is 17.2 Å². The van der Waals surface area contributed by atoms with Crippen molar-refractivity contribution in [1.29, 1.82) is 5.26 Å². The molecule has 1 rings (SSSR count). The predicted octanol–water partition coefficient (Wildman–Crippen LogP) is 4.71. The fraction of sp³-hybridized carbons (Fsp3) is 0.467. The molecule has 0 N–H and O–H groups in total. The van der Waals surface area contributed by atoms with Gasteiger partial charge in [-0.2, -0.15) is 5.26 Å². The highest BCUT2D eigenvalue weighted by molar-refractivity contribution is 8.55. The molecule has 1 aromatic carbocycles. The summed E-state index contributed by atoms with van der Waals surface area (Å²) in [4.78, 5) is 4.35. The van der Waals surface area contributed by atoms with Crippen LogP contribution in [0.5, 0.6) is 0 Å². The summed E-state index contributed by atoms with van der Waals surface area (Å²) in [5.41, 5.74) is 0.781. The Bertz CT molecular complexity index is 552. The average molecular weight is 339 g/mol. The van der Waals surface area contributed by atoms with Crippen LogP contribution >= 0.6 is 18.1 Å². The summed E-state index contributed by atoms with van der Waals surface area (Å²) < 4.78 is 19.6. The summed E-state index contributed by atoms with van der Waals surface area (Å²) in [6.07, 6.45) is 4.70. The second kappa shape index (κ2) is 9.68. The third-order valence-electron chi connectivity index (χ3n) is 3.25. The van der Waals surface area contributed by atoms with E-state index in [0.29, 0.717) is 13.0 Å². The van der Waals surface area contributed by atoms with Gasteiger partial charge in [-0.15, -0.1) is 0 Å². The highest BCUT2D eigenvalue weighted by atomic mass is 32.7. The Morgan fingerprint density at radius 1 is 1.50 bits per heavy atom. The zero-order valence-electron chi connectivity index (χ0n) is 13.2. The lowest BCUT2D eigenvalue weighted by molar-refractivity contribution is 0.363. The van der Waals surface area contributed by atoms with Crippen LogP contribution in [0.4, 0.5) is 5.69 Å². The van der Waals surface area contributed by atoms with Crippen LogP contribution in [0.2, 0.25) is 0 Å². The monoisotopic (exact) mass is 339 g/mol. The fourth-order valence-corrected chi connectivity index (χ4v) is 4.38. The van der Waals surface area contributed by atoms with Crippen molar-refractivity contribution in [3.05, 3.63) is 30.3 Å². The molecule has 0 amide bonds. The van der Waals surface area contributed by atoms with Gasteiger partial charge in [0.2, 0.25) is 0 Å². The van der Waals surface area contributed by atoms with Gasteiger partial charge in [-0.05, 0) is 31.2 Å². The number of hydrogen-bond donors (Lipinski definition) is 0. The SMILES string of the molecule is CCC(C#N)CCN(C=Nc1ccccc1)P(=O)(OC)SC. The van der Waals surface area contributed by atoms with Gasteiger partial charge in [-0.3, -0.25) is 9.24 Å². The zero-order chi connectivity index (χ0) is 16.4. The molecule has 22 heavy (non-hydrogen) atoms. The summed E-state index contributed by atoms with van der Waals surface area (Å²) in [5, 5.41) is 9.06. The predicted molar refractivity (Wildman–Crippen MR) is 93.4 cm³/mol. The van der Waals surface area contributed by atoms with E-state index in [-0.39, 0.29) is 5.92 Å². The number of aliphatic imine (C=N–C) groups is 1. The highest BCUT2D eigenvalue weighted by Crippen LogP contribution is 2.60. The van der Waals surface area contributed by atoms with Gasteiger partial charge in [0.15, 0.2) is 0 Å². The van der Waals surface area contributed by atoms with Gasteiger partial charge >= 0.3 is 6.72 Å². The third-order valence-corrected chi connectivity index (χ3v) is 7.57. The smallest absolute Gasteiger partial charge is 0.309 e. The summed E-state index contributed by atoms with van der Waals surface area (Å²) in [6.45, 7) is -0.575. The number of benzene rings is 1. The van der Waals surface area contributed by atoms with Crippen molar-refractivity contribution in [3.8, 4) is 6.07 Å². The normalized spacial score (nSPS) is 15.2. The Morgan fingerprint density at radius 2 is 2.18 bits per heavy atom. The lowest BCUT2D eigenvalue weighted by Crippen LogP contribution is -2.21. The number of rotatable bonds is 9. The van der Waals surface area contributed by atoms with Gasteiger partial charge in [-0.1, -0.05) is 36.5 Å². The first-order valence-electron chi connectivity index (χ1n) is 7.07. The first kappa shape index (κ1) is 18.8. The Labute approximate surface area is 136 Å². The van der Waals surface area contributed by atoms with Crippen molar-refractivity contribution >= 4 is 30.1 Å². The van der Waals surface area contributed by atoms with Crippen molar-refractivity contribution in [2.45, 2.75) is 19.8 Å². The van der Waals surface area contributed by atoms with Crippen LogP contribution < -0.4 is 0 Å². The molecule has 5 nitrogen and oxygen atoms in total. The maximum absolute atomic E-state index is 12.8. The molecule has 7 heteroatoms. The minimum atomic E-state index is -3.01. The van der Waals surface area contributed by atoms with Gasteiger partial charge in [0.25, 0.3) is 0 Å². The van der Waals surface area contributed by atoms with Crippen molar-refractivity contribution in [2.24, 2.45) is 10.9 Å². The molecule has 120 valence electrons. The zero-order valence-corrected chi connectivity index (χ0v) is 14.9. The molecule has 0 bridgehead atoms. The van der Waals surface area contributed by atoms with Crippen LogP contribution in [0.1, 0.15) is 19.8 Å². The minimum absolute atomic E-state index is 0.0558. The van der Waals surface area contributed by atoms with Gasteiger partial charge in [-0.25, -0.2) is 4.99 Å². The number of hydrogen-bond acceptors (Lipinski definition) is 5. The van der Waals surface area contributed by atoms with Crippen LogP contribution in [0.3, 0.4) is 0 Å². The molecule has 0 aliphatic rings. The molecule has 2 atom stereocenters. The molecule has 0 radical (unpaired) electrons. The Balaban J connectivity index is 2.89. The van der Waals surface area contributed by atoms with E-state index in [4.69, 9.17) is 9.79 Å². The average Bonchev–Trinajstić information content (AvgIpc) is 2.58. The second-order valence-corrected chi connectivity index (χ2v) is 9.26. The van der Waals surface area contributed by atoms with E-state index in [9.17, 15) is 4.57 Å². The Kier molecular flexibility index (Phi) is 8.26. The van der Waals surface area contributed by atoms with E-state index in [1.165, 1.54) is 18.5 Å². The fourth-order valence-electron chi connectivity index (χ4n) is 1.82. The molecule has 0 saturated carbocycles. The van der Waals surface area contributed by atoms with Gasteiger partial charge in [0.05, 0.1) is 18.1 Å². The Morgan fingerprint density at radius 3 is 2.68 bits per heavy atom. The van der Waals surface area contributed by atoms with E-state index in [1.807, 2.05) is 37.3 Å². The van der Waals surface area contributed by atoms with Crippen LogP contribution in [-0.2, 0) is 9.09 Å². The molecule has 0 fully saturated rings.